The van der Waals surface area contributed by atoms with Gasteiger partial charge in [-0.15, -0.1) is 22.7 Å². The van der Waals surface area contributed by atoms with Crippen LogP contribution in [0.15, 0.2) is 194 Å². The van der Waals surface area contributed by atoms with Crippen LogP contribution in [-0.4, -0.2) is 22.2 Å². The van der Waals surface area contributed by atoms with E-state index in [4.69, 9.17) is 9.47 Å². The van der Waals surface area contributed by atoms with Crippen molar-refractivity contribution in [2.45, 2.75) is 0 Å². The lowest BCUT2D eigenvalue weighted by atomic mass is 9.89. The standard InChI is InChI=1S/C58H34O6S2/c59-57(60)45-13-1-5-19-47(45)63-49-29-25-33-31-35(39-15-9-17-43-41-11-3-7-21-51(41)65-55(39)43)23-27-37(33)53(49)54-38-28-24-36(40-16-10-18-44-42-12-4-8-22-52(42)66-56(40)44)32-34(38)26-30-50(54)64-48-20-6-2-14-46(48)58(61)62/h1-32H,(H,59,60)(H,61,62). The number of carboxylic acids is 2. The summed E-state index contributed by atoms with van der Waals surface area (Å²) in [5, 5.41) is 28.9. The number of benzene rings is 10. The van der Waals surface area contributed by atoms with Crippen LogP contribution in [0.1, 0.15) is 20.7 Å². The number of carbonyl (C=O) groups is 2. The molecule has 12 aromatic rings. The lowest BCUT2D eigenvalue weighted by Crippen LogP contribution is -2.02. The van der Waals surface area contributed by atoms with Gasteiger partial charge in [0.2, 0.25) is 0 Å². The van der Waals surface area contributed by atoms with Crippen LogP contribution in [0.4, 0.5) is 0 Å². The van der Waals surface area contributed by atoms with E-state index in [1.54, 1.807) is 59.1 Å². The van der Waals surface area contributed by atoms with Crippen LogP contribution in [0.3, 0.4) is 0 Å². The Morgan fingerprint density at radius 2 is 0.773 bits per heavy atom. The monoisotopic (exact) mass is 890 g/mol. The molecule has 10 aromatic carbocycles. The van der Waals surface area contributed by atoms with Crippen LogP contribution in [0, 0.1) is 0 Å². The van der Waals surface area contributed by atoms with Gasteiger partial charge in [-0.2, -0.15) is 0 Å². The molecule has 66 heavy (non-hydrogen) atoms. The zero-order valence-electron chi connectivity index (χ0n) is 34.8. The van der Waals surface area contributed by atoms with Crippen molar-refractivity contribution in [2.24, 2.45) is 0 Å². The van der Waals surface area contributed by atoms with Gasteiger partial charge in [-0.3, -0.25) is 0 Å². The normalized spacial score (nSPS) is 11.6. The second kappa shape index (κ2) is 15.7. The third-order valence-electron chi connectivity index (χ3n) is 12.3. The van der Waals surface area contributed by atoms with E-state index in [9.17, 15) is 19.8 Å². The Bertz CT molecular complexity index is 3720. The molecule has 8 heteroatoms. The van der Waals surface area contributed by atoms with Crippen LogP contribution in [0.2, 0.25) is 0 Å². The summed E-state index contributed by atoms with van der Waals surface area (Å²) in [5.74, 6) is -1.08. The number of fused-ring (bicyclic) bond motifs is 8. The maximum Gasteiger partial charge on any atom is 0.339 e. The second-order valence-corrected chi connectivity index (χ2v) is 18.2. The van der Waals surface area contributed by atoms with Crippen LogP contribution in [0.5, 0.6) is 23.0 Å². The van der Waals surface area contributed by atoms with Crippen molar-refractivity contribution in [2.75, 3.05) is 0 Å². The summed E-state index contributed by atoms with van der Waals surface area (Å²) >= 11 is 3.56. The Morgan fingerprint density at radius 3 is 1.23 bits per heavy atom. The molecule has 0 bridgehead atoms. The van der Waals surface area contributed by atoms with E-state index >= 15 is 0 Å². The highest BCUT2D eigenvalue weighted by Crippen LogP contribution is 2.50. The SMILES string of the molecule is O=C(O)c1ccccc1Oc1ccc2cc(-c3cccc4c3sc3ccccc34)ccc2c1-c1c(Oc2ccccc2C(=O)O)ccc2cc(-c3cccc4c3sc3ccccc34)ccc12. The molecule has 0 saturated carbocycles. The highest BCUT2D eigenvalue weighted by molar-refractivity contribution is 7.26. The average molecular weight is 891 g/mol. The largest absolute Gasteiger partial charge is 0.478 e. The lowest BCUT2D eigenvalue weighted by Gasteiger charge is -2.21. The van der Waals surface area contributed by atoms with E-state index in [1.165, 1.54) is 52.5 Å². The molecule has 0 fully saturated rings. The van der Waals surface area contributed by atoms with E-state index in [-0.39, 0.29) is 22.6 Å². The van der Waals surface area contributed by atoms with E-state index in [1.807, 2.05) is 24.3 Å². The molecule has 0 saturated heterocycles. The molecule has 0 unspecified atom stereocenters. The Kier molecular flexibility index (Phi) is 9.38. The lowest BCUT2D eigenvalue weighted by molar-refractivity contribution is 0.0683. The van der Waals surface area contributed by atoms with Crippen molar-refractivity contribution in [1.29, 1.82) is 0 Å². The van der Waals surface area contributed by atoms with Gasteiger partial charge in [0.05, 0.1) is 0 Å². The second-order valence-electron chi connectivity index (χ2n) is 16.1. The molecule has 0 amide bonds. The van der Waals surface area contributed by atoms with E-state index < -0.39 is 11.9 Å². The molecule has 0 aliphatic rings. The van der Waals surface area contributed by atoms with Crippen molar-refractivity contribution in [1.82, 2.24) is 0 Å². The minimum absolute atomic E-state index is 0.0140. The minimum atomic E-state index is -1.12. The first-order valence-corrected chi connectivity index (χ1v) is 23.0. The van der Waals surface area contributed by atoms with Crippen molar-refractivity contribution in [3.63, 3.8) is 0 Å². The summed E-state index contributed by atoms with van der Waals surface area (Å²) in [6.07, 6.45) is 0. The molecule has 2 aromatic heterocycles. The van der Waals surface area contributed by atoms with Gasteiger partial charge in [0.1, 0.15) is 34.1 Å². The molecule has 2 N–H and O–H groups in total. The Morgan fingerprint density at radius 1 is 0.364 bits per heavy atom. The number of carboxylic acid groups (broad SMARTS) is 2. The van der Waals surface area contributed by atoms with Gasteiger partial charge in [0, 0.05) is 51.5 Å². The average Bonchev–Trinajstić information content (AvgIpc) is 3.93. The molecule has 0 radical (unpaired) electrons. The van der Waals surface area contributed by atoms with E-state index in [2.05, 4.69) is 121 Å². The molecule has 0 atom stereocenters. The van der Waals surface area contributed by atoms with Gasteiger partial charge in [0.15, 0.2) is 0 Å². The Labute approximate surface area is 385 Å². The summed E-state index contributed by atoms with van der Waals surface area (Å²) in [6, 6.07) is 63.5. The van der Waals surface area contributed by atoms with Gasteiger partial charge < -0.3 is 19.7 Å². The summed E-state index contributed by atoms with van der Waals surface area (Å²) < 4.78 is 18.3. The highest BCUT2D eigenvalue weighted by atomic mass is 32.1. The molecule has 6 nitrogen and oxygen atoms in total. The van der Waals surface area contributed by atoms with Crippen molar-refractivity contribution in [3.8, 4) is 56.4 Å². The highest BCUT2D eigenvalue weighted by Gasteiger charge is 2.24. The number of aromatic carboxylic acids is 2. The van der Waals surface area contributed by atoms with Crippen molar-refractivity contribution < 1.29 is 29.3 Å². The molecular weight excluding hydrogens is 857 g/mol. The van der Waals surface area contributed by atoms with E-state index in [0.717, 1.165) is 43.8 Å². The van der Waals surface area contributed by atoms with Gasteiger partial charge in [-0.1, -0.05) is 133 Å². The Hall–Kier alpha value is -8.30. The predicted octanol–water partition coefficient (Wildman–Crippen LogP) is 16.7. The maximum atomic E-state index is 12.6. The van der Waals surface area contributed by atoms with Gasteiger partial charge >= 0.3 is 11.9 Å². The van der Waals surface area contributed by atoms with Gasteiger partial charge in [-0.05, 0) is 104 Å². The maximum absolute atomic E-state index is 12.6. The molecule has 0 aliphatic carbocycles. The smallest absolute Gasteiger partial charge is 0.339 e. The summed E-state index contributed by atoms with van der Waals surface area (Å²) in [7, 11) is 0. The van der Waals surface area contributed by atoms with Crippen LogP contribution in [0.25, 0.3) is 95.3 Å². The Balaban J connectivity index is 1.12. The fraction of sp³-hybridized carbons (Fsp3) is 0. The van der Waals surface area contributed by atoms with E-state index in [0.29, 0.717) is 22.6 Å². The summed E-state index contributed by atoms with van der Waals surface area (Å²) in [5.41, 5.74) is 5.67. The molecule has 0 spiro atoms. The van der Waals surface area contributed by atoms with Gasteiger partial charge in [0.25, 0.3) is 0 Å². The molecule has 2 heterocycles. The molecular formula is C58H34O6S2. The van der Waals surface area contributed by atoms with Crippen LogP contribution < -0.4 is 9.47 Å². The number of thiophene rings is 2. The predicted molar refractivity (Wildman–Crippen MR) is 270 cm³/mol. The third kappa shape index (κ3) is 6.53. The fourth-order valence-corrected chi connectivity index (χ4v) is 11.8. The van der Waals surface area contributed by atoms with Crippen molar-refractivity contribution >= 4 is 96.5 Å². The number of hydrogen-bond donors (Lipinski definition) is 2. The zero-order chi connectivity index (χ0) is 44.5. The first-order valence-electron chi connectivity index (χ1n) is 21.3. The minimum Gasteiger partial charge on any atom is -0.478 e. The molecule has 0 aliphatic heterocycles. The molecule has 12 rings (SSSR count). The third-order valence-corrected chi connectivity index (χ3v) is 14.8. The van der Waals surface area contributed by atoms with Crippen LogP contribution >= 0.6 is 22.7 Å². The summed E-state index contributed by atoms with van der Waals surface area (Å²) in [6.45, 7) is 0. The summed E-state index contributed by atoms with van der Waals surface area (Å²) in [4.78, 5) is 25.1. The zero-order valence-corrected chi connectivity index (χ0v) is 36.5. The fourth-order valence-electron chi connectivity index (χ4n) is 9.29. The number of ether oxygens (including phenoxy) is 2. The first kappa shape index (κ1) is 39.3. The first-order chi connectivity index (χ1) is 32.4. The van der Waals surface area contributed by atoms with Crippen LogP contribution in [-0.2, 0) is 0 Å². The topological polar surface area (TPSA) is 93.1 Å². The quantitative estimate of drug-likeness (QED) is 0.150. The van der Waals surface area contributed by atoms with Gasteiger partial charge in [-0.25, -0.2) is 9.59 Å². The number of hydrogen-bond acceptors (Lipinski definition) is 6. The molecule has 314 valence electrons. The number of rotatable bonds is 9. The van der Waals surface area contributed by atoms with Crippen molar-refractivity contribution in [3.05, 3.63) is 205 Å². The number of para-hydroxylation sites is 2.